The Kier molecular flexibility index (Phi) is 6.14. The van der Waals surface area contributed by atoms with E-state index < -0.39 is 11.9 Å². The van der Waals surface area contributed by atoms with Gasteiger partial charge in [-0.1, -0.05) is 41.9 Å². The van der Waals surface area contributed by atoms with Crippen molar-refractivity contribution in [3.8, 4) is 0 Å². The van der Waals surface area contributed by atoms with Gasteiger partial charge in [-0.25, -0.2) is 14.6 Å². The molecule has 1 atom stereocenters. The summed E-state index contributed by atoms with van der Waals surface area (Å²) in [5, 5.41) is 3.21. The highest BCUT2D eigenvalue weighted by Crippen LogP contribution is 2.21. The predicted octanol–water partition coefficient (Wildman–Crippen LogP) is 3.11. The Balaban J connectivity index is 1.79. The van der Waals surface area contributed by atoms with Crippen LogP contribution >= 0.6 is 11.6 Å². The van der Waals surface area contributed by atoms with Crippen molar-refractivity contribution in [3.05, 3.63) is 70.5 Å². The van der Waals surface area contributed by atoms with E-state index in [1.54, 1.807) is 25.1 Å². The van der Waals surface area contributed by atoms with Crippen molar-refractivity contribution >= 4 is 23.5 Å². The Morgan fingerprint density at radius 3 is 2.42 bits per heavy atom. The normalized spacial score (nSPS) is 11.5. The number of halogens is 2. The van der Waals surface area contributed by atoms with E-state index in [0.717, 1.165) is 5.56 Å². The highest BCUT2D eigenvalue weighted by molar-refractivity contribution is 6.31. The fourth-order valence-electron chi connectivity index (χ4n) is 2.10. The summed E-state index contributed by atoms with van der Waals surface area (Å²) in [5.41, 5.74) is 5.97. The number of carbonyl (C=O) groups excluding carboxylic acids is 2. The molecular weight excluding hydrogens is 333 g/mol. The fourth-order valence-corrected chi connectivity index (χ4v) is 2.39. The number of hydrazine groups is 1. The molecule has 126 valence electrons. The van der Waals surface area contributed by atoms with Crippen molar-refractivity contribution < 1.29 is 14.0 Å². The third-order valence-electron chi connectivity index (χ3n) is 3.31. The molecular formula is C17H17ClFN3O2. The van der Waals surface area contributed by atoms with Crippen molar-refractivity contribution in [2.75, 3.05) is 0 Å². The molecule has 2 rings (SSSR count). The highest BCUT2D eigenvalue weighted by Gasteiger charge is 2.12. The van der Waals surface area contributed by atoms with E-state index >= 15 is 0 Å². The van der Waals surface area contributed by atoms with Crippen LogP contribution < -0.4 is 16.2 Å². The zero-order chi connectivity index (χ0) is 17.5. The lowest BCUT2D eigenvalue weighted by Gasteiger charge is -2.16. The number of nitrogens with one attached hydrogen (secondary N) is 3. The first-order valence-corrected chi connectivity index (χ1v) is 7.67. The lowest BCUT2D eigenvalue weighted by Crippen LogP contribution is -2.48. The van der Waals surface area contributed by atoms with Gasteiger partial charge in [0.2, 0.25) is 5.91 Å². The molecule has 3 N–H and O–H groups in total. The van der Waals surface area contributed by atoms with E-state index in [2.05, 4.69) is 16.2 Å². The largest absolute Gasteiger partial charge is 0.333 e. The van der Waals surface area contributed by atoms with Crippen LogP contribution in [0.1, 0.15) is 24.1 Å². The Morgan fingerprint density at radius 1 is 1.08 bits per heavy atom. The third-order valence-corrected chi connectivity index (χ3v) is 3.66. The van der Waals surface area contributed by atoms with Crippen LogP contribution in [0.4, 0.5) is 9.18 Å². The first kappa shape index (κ1) is 17.7. The minimum atomic E-state index is -0.560. The molecule has 0 bridgehead atoms. The average molecular weight is 350 g/mol. The van der Waals surface area contributed by atoms with Gasteiger partial charge in [-0.3, -0.25) is 10.2 Å². The van der Waals surface area contributed by atoms with Gasteiger partial charge in [-0.15, -0.1) is 0 Å². The number of benzene rings is 2. The summed E-state index contributed by atoms with van der Waals surface area (Å²) in [6.45, 7) is 1.78. The minimum absolute atomic E-state index is 0.0284. The Labute approximate surface area is 144 Å². The summed E-state index contributed by atoms with van der Waals surface area (Å²) in [6.07, 6.45) is 0.0284. The number of rotatable bonds is 4. The number of hydrogen-bond donors (Lipinski definition) is 3. The average Bonchev–Trinajstić information content (AvgIpc) is 2.55. The second-order valence-corrected chi connectivity index (χ2v) is 5.60. The summed E-state index contributed by atoms with van der Waals surface area (Å²) >= 11 is 6.06. The Morgan fingerprint density at radius 2 is 1.75 bits per heavy atom. The number of carbonyl (C=O) groups is 2. The SMILES string of the molecule is CC(NC(=O)NNC(=O)Cc1ccc(F)cc1)c1ccccc1Cl. The molecule has 1 unspecified atom stereocenters. The van der Waals surface area contributed by atoms with Crippen LogP contribution in [-0.2, 0) is 11.2 Å². The van der Waals surface area contributed by atoms with Crippen molar-refractivity contribution in [3.63, 3.8) is 0 Å². The monoisotopic (exact) mass is 349 g/mol. The Hall–Kier alpha value is -2.60. The van der Waals surface area contributed by atoms with Crippen LogP contribution in [0.25, 0.3) is 0 Å². The van der Waals surface area contributed by atoms with E-state index in [1.807, 2.05) is 6.07 Å². The van der Waals surface area contributed by atoms with Gasteiger partial charge in [-0.05, 0) is 36.2 Å². The molecule has 0 heterocycles. The topological polar surface area (TPSA) is 70.2 Å². The molecule has 0 radical (unpaired) electrons. The molecule has 0 fully saturated rings. The zero-order valence-corrected chi connectivity index (χ0v) is 13.7. The highest BCUT2D eigenvalue weighted by atomic mass is 35.5. The van der Waals surface area contributed by atoms with Gasteiger partial charge < -0.3 is 5.32 Å². The first-order chi connectivity index (χ1) is 11.5. The van der Waals surface area contributed by atoms with Crippen molar-refractivity contribution in [2.45, 2.75) is 19.4 Å². The molecule has 0 saturated heterocycles. The fraction of sp³-hybridized carbons (Fsp3) is 0.176. The minimum Gasteiger partial charge on any atom is -0.330 e. The third kappa shape index (κ3) is 5.24. The lowest BCUT2D eigenvalue weighted by atomic mass is 10.1. The van der Waals surface area contributed by atoms with Crippen molar-refractivity contribution in [2.24, 2.45) is 0 Å². The summed E-state index contributed by atoms with van der Waals surface area (Å²) in [7, 11) is 0. The predicted molar refractivity (Wildman–Crippen MR) is 89.8 cm³/mol. The molecule has 24 heavy (non-hydrogen) atoms. The summed E-state index contributed by atoms with van der Waals surface area (Å²) in [5.74, 6) is -0.785. The van der Waals surface area contributed by atoms with E-state index in [4.69, 9.17) is 11.6 Å². The lowest BCUT2D eigenvalue weighted by molar-refractivity contribution is -0.121. The van der Waals surface area contributed by atoms with Gasteiger partial charge in [0.05, 0.1) is 12.5 Å². The molecule has 0 spiro atoms. The summed E-state index contributed by atoms with van der Waals surface area (Å²) < 4.78 is 12.8. The molecule has 0 aliphatic rings. The molecule has 0 aliphatic carbocycles. The van der Waals surface area contributed by atoms with Gasteiger partial charge >= 0.3 is 6.03 Å². The van der Waals surface area contributed by atoms with Crippen LogP contribution in [0.15, 0.2) is 48.5 Å². The number of amides is 3. The van der Waals surface area contributed by atoms with Gasteiger partial charge in [0.15, 0.2) is 0 Å². The maximum absolute atomic E-state index is 12.8. The zero-order valence-electron chi connectivity index (χ0n) is 13.0. The maximum atomic E-state index is 12.8. The summed E-state index contributed by atoms with van der Waals surface area (Å²) in [6, 6.07) is 11.8. The van der Waals surface area contributed by atoms with Crippen molar-refractivity contribution in [1.29, 1.82) is 0 Å². The van der Waals surface area contributed by atoms with Gasteiger partial charge in [0.1, 0.15) is 5.82 Å². The molecule has 2 aromatic rings. The van der Waals surface area contributed by atoms with E-state index in [9.17, 15) is 14.0 Å². The molecule has 0 saturated carbocycles. The van der Waals surface area contributed by atoms with Crippen LogP contribution in [0.2, 0.25) is 5.02 Å². The second-order valence-electron chi connectivity index (χ2n) is 5.19. The standard InChI is InChI=1S/C17H17ClFN3O2/c1-11(14-4-2-3-5-15(14)18)20-17(24)22-21-16(23)10-12-6-8-13(19)9-7-12/h2-9,11H,10H2,1H3,(H,21,23)(H2,20,22,24). The van der Waals surface area contributed by atoms with E-state index in [-0.39, 0.29) is 18.3 Å². The molecule has 7 heteroatoms. The van der Waals surface area contributed by atoms with Crippen LogP contribution in [0, 0.1) is 5.82 Å². The van der Waals surface area contributed by atoms with Crippen LogP contribution in [-0.4, -0.2) is 11.9 Å². The van der Waals surface area contributed by atoms with Gasteiger partial charge in [0.25, 0.3) is 0 Å². The molecule has 0 aliphatic heterocycles. The quantitative estimate of drug-likeness (QED) is 0.742. The van der Waals surface area contributed by atoms with Crippen molar-refractivity contribution in [1.82, 2.24) is 16.2 Å². The molecule has 5 nitrogen and oxygen atoms in total. The number of hydrogen-bond acceptors (Lipinski definition) is 2. The van der Waals surface area contributed by atoms with Crippen LogP contribution in [0.3, 0.4) is 0 Å². The van der Waals surface area contributed by atoms with Gasteiger partial charge in [-0.2, -0.15) is 0 Å². The van der Waals surface area contributed by atoms with Gasteiger partial charge in [0, 0.05) is 5.02 Å². The maximum Gasteiger partial charge on any atom is 0.333 e. The van der Waals surface area contributed by atoms with E-state index in [1.165, 1.54) is 24.3 Å². The first-order valence-electron chi connectivity index (χ1n) is 7.30. The van der Waals surface area contributed by atoms with E-state index in [0.29, 0.717) is 10.6 Å². The molecule has 0 aromatic heterocycles. The second kappa shape index (κ2) is 8.31. The molecule has 3 amide bonds. The number of urea groups is 1. The Bertz CT molecular complexity index is 722. The summed E-state index contributed by atoms with van der Waals surface area (Å²) in [4.78, 5) is 23.6. The molecule has 2 aromatic carbocycles. The smallest absolute Gasteiger partial charge is 0.330 e. The van der Waals surface area contributed by atoms with Crippen LogP contribution in [0.5, 0.6) is 0 Å².